The highest BCUT2D eigenvalue weighted by Gasteiger charge is 2.25. The van der Waals surface area contributed by atoms with Crippen molar-refractivity contribution < 1.29 is 4.79 Å². The van der Waals surface area contributed by atoms with Crippen LogP contribution in [0.4, 0.5) is 5.69 Å². The Hall–Kier alpha value is -2.09. The molecule has 0 aliphatic carbocycles. The topological polar surface area (TPSA) is 20.3 Å². The Balaban J connectivity index is 1.90. The molecule has 1 unspecified atom stereocenters. The van der Waals surface area contributed by atoms with E-state index in [1.807, 2.05) is 18.2 Å². The molecule has 2 aromatic rings. The summed E-state index contributed by atoms with van der Waals surface area (Å²) < 4.78 is 0. The van der Waals surface area contributed by atoms with Gasteiger partial charge in [-0.1, -0.05) is 30.3 Å². The molecule has 1 aliphatic rings. The fraction of sp³-hybridized carbons (Fsp3) is 0.235. The number of carbonyl (C=O) groups is 1. The molecule has 2 aromatic carbocycles. The first-order valence-corrected chi connectivity index (χ1v) is 6.66. The minimum Gasteiger partial charge on any atom is -0.364 e. The summed E-state index contributed by atoms with van der Waals surface area (Å²) in [6.07, 6.45) is 1.94. The van der Waals surface area contributed by atoms with Crippen LogP contribution in [0.3, 0.4) is 0 Å². The van der Waals surface area contributed by atoms with Gasteiger partial charge in [-0.3, -0.25) is 4.79 Å². The van der Waals surface area contributed by atoms with Gasteiger partial charge >= 0.3 is 0 Å². The SMILES string of the molecule is CC1Cc2cc(C=O)ccc2N1Cc1ccccc1. The quantitative estimate of drug-likeness (QED) is 0.779. The maximum Gasteiger partial charge on any atom is 0.150 e. The number of fused-ring (bicyclic) bond motifs is 1. The molecular formula is C17H17NO. The van der Waals surface area contributed by atoms with Gasteiger partial charge in [0.15, 0.2) is 0 Å². The lowest BCUT2D eigenvalue weighted by atomic mass is 10.1. The van der Waals surface area contributed by atoms with Crippen molar-refractivity contribution in [2.24, 2.45) is 0 Å². The van der Waals surface area contributed by atoms with Crippen molar-refractivity contribution in [2.45, 2.75) is 25.9 Å². The van der Waals surface area contributed by atoms with Crippen LogP contribution in [0.1, 0.15) is 28.4 Å². The van der Waals surface area contributed by atoms with E-state index in [1.165, 1.54) is 16.8 Å². The molecule has 2 heteroatoms. The van der Waals surface area contributed by atoms with Crippen LogP contribution in [0.25, 0.3) is 0 Å². The molecule has 0 N–H and O–H groups in total. The molecule has 0 amide bonds. The largest absolute Gasteiger partial charge is 0.364 e. The van der Waals surface area contributed by atoms with Gasteiger partial charge in [0.2, 0.25) is 0 Å². The van der Waals surface area contributed by atoms with E-state index >= 15 is 0 Å². The summed E-state index contributed by atoms with van der Waals surface area (Å²) in [6.45, 7) is 3.17. The molecule has 0 bridgehead atoms. The second-order valence-corrected chi connectivity index (χ2v) is 5.17. The van der Waals surface area contributed by atoms with E-state index in [2.05, 4.69) is 42.2 Å². The summed E-state index contributed by atoms with van der Waals surface area (Å²) in [6, 6.07) is 17.0. The number of rotatable bonds is 3. The lowest BCUT2D eigenvalue weighted by Crippen LogP contribution is -2.28. The molecule has 96 valence electrons. The normalized spacial score (nSPS) is 17.3. The minimum absolute atomic E-state index is 0.483. The lowest BCUT2D eigenvalue weighted by Gasteiger charge is -2.25. The summed E-state index contributed by atoms with van der Waals surface area (Å²) in [4.78, 5) is 13.3. The van der Waals surface area contributed by atoms with Crippen LogP contribution in [-0.2, 0) is 13.0 Å². The number of hydrogen-bond acceptors (Lipinski definition) is 2. The van der Waals surface area contributed by atoms with E-state index in [-0.39, 0.29) is 0 Å². The third-order valence-corrected chi connectivity index (χ3v) is 3.79. The second-order valence-electron chi connectivity index (χ2n) is 5.17. The summed E-state index contributed by atoms with van der Waals surface area (Å²) in [5.41, 5.74) is 4.64. The Morgan fingerprint density at radius 2 is 2.00 bits per heavy atom. The highest BCUT2D eigenvalue weighted by molar-refractivity contribution is 5.77. The van der Waals surface area contributed by atoms with E-state index in [0.717, 1.165) is 24.8 Å². The van der Waals surface area contributed by atoms with Gasteiger partial charge in [-0.05, 0) is 42.7 Å². The van der Waals surface area contributed by atoms with Gasteiger partial charge in [0.05, 0.1) is 0 Å². The van der Waals surface area contributed by atoms with Crippen LogP contribution in [0.2, 0.25) is 0 Å². The van der Waals surface area contributed by atoms with Crippen molar-refractivity contribution in [2.75, 3.05) is 4.90 Å². The molecule has 1 heterocycles. The Labute approximate surface area is 113 Å². The number of anilines is 1. The second kappa shape index (κ2) is 4.88. The summed E-state index contributed by atoms with van der Waals surface area (Å²) in [5.74, 6) is 0. The van der Waals surface area contributed by atoms with Crippen molar-refractivity contribution in [3.8, 4) is 0 Å². The van der Waals surface area contributed by atoms with E-state index in [1.54, 1.807) is 0 Å². The molecule has 0 spiro atoms. The third kappa shape index (κ3) is 2.26. The van der Waals surface area contributed by atoms with Gasteiger partial charge in [0, 0.05) is 23.8 Å². The molecule has 2 nitrogen and oxygen atoms in total. The standard InChI is InChI=1S/C17H17NO/c1-13-9-16-10-15(12-19)7-8-17(16)18(13)11-14-5-3-2-4-6-14/h2-8,10,12-13H,9,11H2,1H3. The molecule has 1 atom stereocenters. The van der Waals surface area contributed by atoms with Gasteiger partial charge in [-0.15, -0.1) is 0 Å². The molecule has 0 radical (unpaired) electrons. The van der Waals surface area contributed by atoms with Crippen LogP contribution in [0.15, 0.2) is 48.5 Å². The van der Waals surface area contributed by atoms with E-state index in [4.69, 9.17) is 0 Å². The van der Waals surface area contributed by atoms with Gasteiger partial charge in [-0.2, -0.15) is 0 Å². The first-order chi connectivity index (χ1) is 9.28. The third-order valence-electron chi connectivity index (χ3n) is 3.79. The molecule has 0 saturated carbocycles. The predicted octanol–water partition coefficient (Wildman–Crippen LogP) is 3.45. The van der Waals surface area contributed by atoms with Gasteiger partial charge in [0.1, 0.15) is 6.29 Å². The average molecular weight is 251 g/mol. The molecule has 19 heavy (non-hydrogen) atoms. The fourth-order valence-electron chi connectivity index (χ4n) is 2.81. The van der Waals surface area contributed by atoms with Crippen LogP contribution in [0, 0.1) is 0 Å². The maximum atomic E-state index is 10.8. The molecule has 1 aliphatic heterocycles. The first kappa shape index (κ1) is 12.0. The van der Waals surface area contributed by atoms with E-state index in [0.29, 0.717) is 6.04 Å². The number of nitrogens with zero attached hydrogens (tertiary/aromatic N) is 1. The van der Waals surface area contributed by atoms with Crippen molar-refractivity contribution in [3.63, 3.8) is 0 Å². The van der Waals surface area contributed by atoms with Crippen molar-refractivity contribution in [1.29, 1.82) is 0 Å². The zero-order chi connectivity index (χ0) is 13.2. The van der Waals surface area contributed by atoms with Gasteiger partial charge < -0.3 is 4.90 Å². The maximum absolute atomic E-state index is 10.8. The summed E-state index contributed by atoms with van der Waals surface area (Å²) >= 11 is 0. The van der Waals surface area contributed by atoms with Crippen molar-refractivity contribution in [3.05, 3.63) is 65.2 Å². The Morgan fingerprint density at radius 1 is 1.21 bits per heavy atom. The predicted molar refractivity (Wildman–Crippen MR) is 77.6 cm³/mol. The van der Waals surface area contributed by atoms with Crippen LogP contribution in [0.5, 0.6) is 0 Å². The first-order valence-electron chi connectivity index (χ1n) is 6.66. The van der Waals surface area contributed by atoms with Crippen molar-refractivity contribution in [1.82, 2.24) is 0 Å². The van der Waals surface area contributed by atoms with Crippen LogP contribution in [-0.4, -0.2) is 12.3 Å². The van der Waals surface area contributed by atoms with Crippen LogP contribution >= 0.6 is 0 Å². The molecule has 0 saturated heterocycles. The molecular weight excluding hydrogens is 234 g/mol. The highest BCUT2D eigenvalue weighted by Crippen LogP contribution is 2.33. The zero-order valence-electron chi connectivity index (χ0n) is 11.0. The zero-order valence-corrected chi connectivity index (χ0v) is 11.0. The lowest BCUT2D eigenvalue weighted by molar-refractivity contribution is 0.112. The Bertz CT molecular complexity index is 591. The van der Waals surface area contributed by atoms with Gasteiger partial charge in [-0.25, -0.2) is 0 Å². The smallest absolute Gasteiger partial charge is 0.150 e. The van der Waals surface area contributed by atoms with Crippen molar-refractivity contribution >= 4 is 12.0 Å². The molecule has 0 aromatic heterocycles. The van der Waals surface area contributed by atoms with Gasteiger partial charge in [0.25, 0.3) is 0 Å². The summed E-state index contributed by atoms with van der Waals surface area (Å²) in [7, 11) is 0. The monoisotopic (exact) mass is 251 g/mol. The highest BCUT2D eigenvalue weighted by atomic mass is 16.1. The minimum atomic E-state index is 0.483. The summed E-state index contributed by atoms with van der Waals surface area (Å²) in [5, 5.41) is 0. The van der Waals surface area contributed by atoms with E-state index < -0.39 is 0 Å². The number of carbonyl (C=O) groups excluding carboxylic acids is 1. The van der Waals surface area contributed by atoms with Crippen LogP contribution < -0.4 is 4.90 Å². The number of hydrogen-bond donors (Lipinski definition) is 0. The number of aldehydes is 1. The molecule has 0 fully saturated rings. The van der Waals surface area contributed by atoms with E-state index in [9.17, 15) is 4.79 Å². The molecule has 3 rings (SSSR count). The number of benzene rings is 2. The average Bonchev–Trinajstić information content (AvgIpc) is 2.75. The Morgan fingerprint density at radius 3 is 2.74 bits per heavy atom. The fourth-order valence-corrected chi connectivity index (χ4v) is 2.81. The Kier molecular flexibility index (Phi) is 3.08.